The molecule has 2 aromatic carbocycles. The molecule has 0 N–H and O–H groups in total. The second-order valence-electron chi connectivity index (χ2n) is 4.53. The van der Waals surface area contributed by atoms with Gasteiger partial charge in [-0.2, -0.15) is 0 Å². The third kappa shape index (κ3) is 3.63. The SMILES string of the molecule is CO/N=C(\C(=O)OC)c1ccc(C)cc1Oc1ccccc1. The molecule has 2 aromatic rings. The van der Waals surface area contributed by atoms with E-state index >= 15 is 0 Å². The summed E-state index contributed by atoms with van der Waals surface area (Å²) in [6, 6.07) is 14.7. The van der Waals surface area contributed by atoms with Crippen LogP contribution in [0.3, 0.4) is 0 Å². The number of carbonyl (C=O) groups is 1. The molecule has 0 fully saturated rings. The Hall–Kier alpha value is -2.82. The Labute approximate surface area is 129 Å². The van der Waals surface area contributed by atoms with Crippen molar-refractivity contribution >= 4 is 11.7 Å². The number of nitrogens with zero attached hydrogens (tertiary/aromatic N) is 1. The number of benzene rings is 2. The van der Waals surface area contributed by atoms with Crippen molar-refractivity contribution in [3.8, 4) is 11.5 Å². The maximum Gasteiger partial charge on any atom is 0.360 e. The summed E-state index contributed by atoms with van der Waals surface area (Å²) in [5.41, 5.74) is 1.55. The highest BCUT2D eigenvalue weighted by atomic mass is 16.6. The number of ether oxygens (including phenoxy) is 2. The van der Waals surface area contributed by atoms with E-state index in [1.807, 2.05) is 49.4 Å². The monoisotopic (exact) mass is 299 g/mol. The quantitative estimate of drug-likeness (QED) is 0.483. The molecule has 5 heteroatoms. The molecule has 0 aromatic heterocycles. The van der Waals surface area contributed by atoms with E-state index in [9.17, 15) is 4.79 Å². The molecule has 114 valence electrons. The number of hydrogen-bond acceptors (Lipinski definition) is 5. The van der Waals surface area contributed by atoms with Crippen LogP contribution in [0.5, 0.6) is 11.5 Å². The van der Waals surface area contributed by atoms with Gasteiger partial charge in [0.1, 0.15) is 18.6 Å². The summed E-state index contributed by atoms with van der Waals surface area (Å²) in [7, 11) is 2.66. The van der Waals surface area contributed by atoms with Crippen molar-refractivity contribution in [2.75, 3.05) is 14.2 Å². The normalized spacial score (nSPS) is 11.0. The minimum absolute atomic E-state index is 0.0518. The maximum atomic E-state index is 11.9. The molecule has 2 rings (SSSR count). The van der Waals surface area contributed by atoms with Gasteiger partial charge in [-0.05, 0) is 36.8 Å². The van der Waals surface area contributed by atoms with Gasteiger partial charge in [0.2, 0.25) is 0 Å². The van der Waals surface area contributed by atoms with E-state index in [4.69, 9.17) is 14.3 Å². The maximum absolute atomic E-state index is 11.9. The first kappa shape index (κ1) is 15.6. The van der Waals surface area contributed by atoms with Crippen LogP contribution in [0.4, 0.5) is 0 Å². The lowest BCUT2D eigenvalue weighted by Crippen LogP contribution is -2.18. The third-order valence-corrected chi connectivity index (χ3v) is 2.92. The molecule has 0 aliphatic carbocycles. The Morgan fingerprint density at radius 3 is 2.41 bits per heavy atom. The molecule has 0 bridgehead atoms. The van der Waals surface area contributed by atoms with Gasteiger partial charge in [0, 0.05) is 0 Å². The Kier molecular flexibility index (Phi) is 5.14. The van der Waals surface area contributed by atoms with Gasteiger partial charge in [-0.3, -0.25) is 0 Å². The van der Waals surface area contributed by atoms with Crippen molar-refractivity contribution in [2.45, 2.75) is 6.92 Å². The molecule has 0 atom stereocenters. The highest BCUT2D eigenvalue weighted by molar-refractivity contribution is 6.43. The average molecular weight is 299 g/mol. The molecule has 0 spiro atoms. The zero-order valence-electron chi connectivity index (χ0n) is 12.7. The van der Waals surface area contributed by atoms with E-state index in [2.05, 4.69) is 5.16 Å². The van der Waals surface area contributed by atoms with E-state index in [0.29, 0.717) is 17.1 Å². The Morgan fingerprint density at radius 2 is 1.77 bits per heavy atom. The number of rotatable bonds is 5. The number of hydrogen-bond donors (Lipinski definition) is 0. The Balaban J connectivity index is 2.47. The van der Waals surface area contributed by atoms with Crippen molar-refractivity contribution in [3.05, 3.63) is 59.7 Å². The van der Waals surface area contributed by atoms with E-state index in [-0.39, 0.29) is 5.71 Å². The lowest BCUT2D eigenvalue weighted by molar-refractivity contribution is -0.132. The molecule has 5 nitrogen and oxygen atoms in total. The fraction of sp³-hybridized carbons (Fsp3) is 0.176. The van der Waals surface area contributed by atoms with Crippen LogP contribution in [0, 0.1) is 6.92 Å². The van der Waals surface area contributed by atoms with Gasteiger partial charge in [-0.1, -0.05) is 29.4 Å². The Bertz CT molecular complexity index is 680. The zero-order valence-corrected chi connectivity index (χ0v) is 12.7. The van der Waals surface area contributed by atoms with Crippen LogP contribution < -0.4 is 4.74 Å². The second-order valence-corrected chi connectivity index (χ2v) is 4.53. The van der Waals surface area contributed by atoms with Gasteiger partial charge in [-0.15, -0.1) is 0 Å². The molecule has 0 amide bonds. The Morgan fingerprint density at radius 1 is 1.05 bits per heavy atom. The summed E-state index contributed by atoms with van der Waals surface area (Å²) < 4.78 is 10.6. The van der Waals surface area contributed by atoms with Gasteiger partial charge in [0.15, 0.2) is 5.71 Å². The predicted octanol–water partition coefficient (Wildman–Crippen LogP) is 3.31. The van der Waals surface area contributed by atoms with Crippen LogP contribution in [-0.2, 0) is 14.4 Å². The van der Waals surface area contributed by atoms with Crippen LogP contribution in [0.2, 0.25) is 0 Å². The lowest BCUT2D eigenvalue weighted by Gasteiger charge is -2.12. The fourth-order valence-corrected chi connectivity index (χ4v) is 1.91. The van der Waals surface area contributed by atoms with Crippen molar-refractivity contribution in [3.63, 3.8) is 0 Å². The number of aryl methyl sites for hydroxylation is 1. The number of carbonyl (C=O) groups excluding carboxylic acids is 1. The molecule has 0 saturated carbocycles. The van der Waals surface area contributed by atoms with Crippen molar-refractivity contribution < 1.29 is 19.1 Å². The minimum atomic E-state index is -0.594. The molecular formula is C17H17NO4. The molecule has 0 saturated heterocycles. The van der Waals surface area contributed by atoms with E-state index in [1.54, 1.807) is 6.07 Å². The van der Waals surface area contributed by atoms with Gasteiger partial charge < -0.3 is 14.3 Å². The third-order valence-electron chi connectivity index (χ3n) is 2.92. The number of methoxy groups -OCH3 is 1. The molecule has 0 aliphatic rings. The van der Waals surface area contributed by atoms with Crippen LogP contribution >= 0.6 is 0 Å². The van der Waals surface area contributed by atoms with Gasteiger partial charge in [0.25, 0.3) is 0 Å². The molecule has 0 radical (unpaired) electrons. The minimum Gasteiger partial charge on any atom is -0.464 e. The molecule has 0 heterocycles. The van der Waals surface area contributed by atoms with Gasteiger partial charge in [0.05, 0.1) is 12.7 Å². The first-order valence-electron chi connectivity index (χ1n) is 6.69. The standard InChI is InChI=1S/C17H17NO4/c1-12-9-10-14(16(18-21-3)17(19)20-2)15(11-12)22-13-7-5-4-6-8-13/h4-11H,1-3H3/b18-16-. The van der Waals surface area contributed by atoms with Crippen LogP contribution in [0.1, 0.15) is 11.1 Å². The van der Waals surface area contributed by atoms with Gasteiger partial charge in [-0.25, -0.2) is 4.79 Å². The second kappa shape index (κ2) is 7.26. The lowest BCUT2D eigenvalue weighted by atomic mass is 10.1. The number of oxime groups is 1. The van der Waals surface area contributed by atoms with Crippen LogP contribution in [0.15, 0.2) is 53.7 Å². The average Bonchev–Trinajstić information content (AvgIpc) is 2.54. The van der Waals surface area contributed by atoms with Gasteiger partial charge >= 0.3 is 5.97 Å². The summed E-state index contributed by atoms with van der Waals surface area (Å²) in [5, 5.41) is 3.76. The largest absolute Gasteiger partial charge is 0.464 e. The molecular weight excluding hydrogens is 282 g/mol. The first-order chi connectivity index (χ1) is 10.7. The predicted molar refractivity (Wildman–Crippen MR) is 83.3 cm³/mol. The van der Waals surface area contributed by atoms with Crippen LogP contribution in [0.25, 0.3) is 0 Å². The summed E-state index contributed by atoms with van der Waals surface area (Å²) in [6.45, 7) is 1.94. The van der Waals surface area contributed by atoms with E-state index in [1.165, 1.54) is 14.2 Å². The smallest absolute Gasteiger partial charge is 0.360 e. The van der Waals surface area contributed by atoms with Crippen LogP contribution in [-0.4, -0.2) is 25.9 Å². The van der Waals surface area contributed by atoms with Crippen molar-refractivity contribution in [1.82, 2.24) is 0 Å². The first-order valence-corrected chi connectivity index (χ1v) is 6.69. The fourth-order valence-electron chi connectivity index (χ4n) is 1.91. The van der Waals surface area contributed by atoms with Crippen molar-refractivity contribution in [2.24, 2.45) is 5.16 Å². The highest BCUT2D eigenvalue weighted by Gasteiger charge is 2.20. The summed E-state index contributed by atoms with van der Waals surface area (Å²) in [6.07, 6.45) is 0. The summed E-state index contributed by atoms with van der Waals surface area (Å²) in [5.74, 6) is 0.576. The number of esters is 1. The zero-order chi connectivity index (χ0) is 15.9. The topological polar surface area (TPSA) is 57.1 Å². The number of para-hydroxylation sites is 1. The molecule has 0 unspecified atom stereocenters. The highest BCUT2D eigenvalue weighted by Crippen LogP contribution is 2.27. The van der Waals surface area contributed by atoms with Crippen molar-refractivity contribution in [1.29, 1.82) is 0 Å². The summed E-state index contributed by atoms with van der Waals surface area (Å²) >= 11 is 0. The molecule has 0 aliphatic heterocycles. The summed E-state index contributed by atoms with van der Waals surface area (Å²) in [4.78, 5) is 16.7. The van der Waals surface area contributed by atoms with E-state index in [0.717, 1.165) is 5.56 Å². The van der Waals surface area contributed by atoms with E-state index < -0.39 is 5.97 Å². The molecule has 22 heavy (non-hydrogen) atoms.